The van der Waals surface area contributed by atoms with Crippen molar-refractivity contribution in [2.45, 2.75) is 33.2 Å². The van der Waals surface area contributed by atoms with Gasteiger partial charge in [-0.05, 0) is 44.5 Å². The van der Waals surface area contributed by atoms with Crippen LogP contribution in [-0.4, -0.2) is 6.54 Å². The second-order valence-corrected chi connectivity index (χ2v) is 5.44. The molecule has 0 heterocycles. The van der Waals surface area contributed by atoms with E-state index in [1.165, 1.54) is 18.2 Å². The number of halogens is 2. The van der Waals surface area contributed by atoms with E-state index in [2.05, 4.69) is 23.5 Å². The molecule has 0 spiro atoms. The predicted molar refractivity (Wildman–Crippen MR) is 82.4 cm³/mol. The Kier molecular flexibility index (Phi) is 5.07. The summed E-state index contributed by atoms with van der Waals surface area (Å²) in [4.78, 5) is 0. The van der Waals surface area contributed by atoms with Gasteiger partial charge in [-0.15, -0.1) is 0 Å². The molecule has 0 bridgehead atoms. The lowest BCUT2D eigenvalue weighted by atomic mass is 9.95. The summed E-state index contributed by atoms with van der Waals surface area (Å²) in [7, 11) is 0. The monoisotopic (exact) mass is 289 g/mol. The minimum absolute atomic E-state index is 0.0972. The molecule has 0 aliphatic carbocycles. The SMILES string of the molecule is CCNC(Cc1c(F)cccc1F)c1cc(C)cc(C)c1. The highest BCUT2D eigenvalue weighted by Gasteiger charge is 2.17. The Morgan fingerprint density at radius 3 is 2.10 bits per heavy atom. The van der Waals surface area contributed by atoms with Crippen LogP contribution in [-0.2, 0) is 6.42 Å². The Labute approximate surface area is 125 Å². The van der Waals surface area contributed by atoms with E-state index in [0.29, 0.717) is 6.42 Å². The van der Waals surface area contributed by atoms with Gasteiger partial charge in [0.15, 0.2) is 0 Å². The van der Waals surface area contributed by atoms with E-state index in [1.807, 2.05) is 20.8 Å². The molecule has 0 radical (unpaired) electrons. The lowest BCUT2D eigenvalue weighted by molar-refractivity contribution is 0.499. The van der Waals surface area contributed by atoms with Gasteiger partial charge in [0, 0.05) is 11.6 Å². The number of likely N-dealkylation sites (N-methyl/N-ethyl adjacent to an activating group) is 1. The van der Waals surface area contributed by atoms with Crippen LogP contribution < -0.4 is 5.32 Å². The third kappa shape index (κ3) is 3.88. The summed E-state index contributed by atoms with van der Waals surface area (Å²) >= 11 is 0. The van der Waals surface area contributed by atoms with Crippen LogP contribution in [0.5, 0.6) is 0 Å². The molecule has 21 heavy (non-hydrogen) atoms. The molecule has 0 aliphatic rings. The minimum Gasteiger partial charge on any atom is -0.310 e. The van der Waals surface area contributed by atoms with Crippen LogP contribution in [0, 0.1) is 25.5 Å². The summed E-state index contributed by atoms with van der Waals surface area (Å²) in [6.07, 6.45) is 0.301. The molecule has 2 aromatic rings. The van der Waals surface area contributed by atoms with Crippen LogP contribution in [0.25, 0.3) is 0 Å². The van der Waals surface area contributed by atoms with Crippen molar-refractivity contribution in [3.63, 3.8) is 0 Å². The molecule has 1 nitrogen and oxygen atoms in total. The van der Waals surface area contributed by atoms with Gasteiger partial charge in [0.25, 0.3) is 0 Å². The Morgan fingerprint density at radius 1 is 1.00 bits per heavy atom. The van der Waals surface area contributed by atoms with Gasteiger partial charge in [-0.25, -0.2) is 8.78 Å². The topological polar surface area (TPSA) is 12.0 Å². The minimum atomic E-state index is -0.484. The maximum Gasteiger partial charge on any atom is 0.129 e. The molecule has 0 amide bonds. The summed E-state index contributed by atoms with van der Waals surface area (Å²) in [6.45, 7) is 6.80. The van der Waals surface area contributed by atoms with Gasteiger partial charge in [0.05, 0.1) is 0 Å². The second-order valence-electron chi connectivity index (χ2n) is 5.44. The number of hydrogen-bond acceptors (Lipinski definition) is 1. The van der Waals surface area contributed by atoms with Gasteiger partial charge in [-0.3, -0.25) is 0 Å². The summed E-state index contributed by atoms with van der Waals surface area (Å²) in [5.41, 5.74) is 3.52. The van der Waals surface area contributed by atoms with E-state index in [9.17, 15) is 8.78 Å². The Hall–Kier alpha value is -1.74. The van der Waals surface area contributed by atoms with Crippen LogP contribution in [0.1, 0.15) is 35.2 Å². The van der Waals surface area contributed by atoms with E-state index in [0.717, 1.165) is 23.2 Å². The average Bonchev–Trinajstić information content (AvgIpc) is 2.40. The first-order valence-electron chi connectivity index (χ1n) is 7.25. The van der Waals surface area contributed by atoms with Crippen molar-refractivity contribution in [1.29, 1.82) is 0 Å². The molecule has 0 aromatic heterocycles. The molecule has 1 unspecified atom stereocenters. The van der Waals surface area contributed by atoms with Crippen molar-refractivity contribution in [1.82, 2.24) is 5.32 Å². The van der Waals surface area contributed by atoms with Crippen molar-refractivity contribution in [3.05, 3.63) is 70.3 Å². The Balaban J connectivity index is 2.35. The molecule has 0 aliphatic heterocycles. The molecule has 112 valence electrons. The number of hydrogen-bond donors (Lipinski definition) is 1. The molecule has 0 saturated carbocycles. The molecule has 2 rings (SSSR count). The lowest BCUT2D eigenvalue weighted by Crippen LogP contribution is -2.24. The number of rotatable bonds is 5. The molecule has 1 atom stereocenters. The van der Waals surface area contributed by atoms with E-state index >= 15 is 0 Å². The van der Waals surface area contributed by atoms with Gasteiger partial charge in [-0.1, -0.05) is 42.3 Å². The van der Waals surface area contributed by atoms with E-state index in [-0.39, 0.29) is 11.6 Å². The number of benzene rings is 2. The summed E-state index contributed by atoms with van der Waals surface area (Å²) < 4.78 is 27.7. The zero-order valence-corrected chi connectivity index (χ0v) is 12.7. The fourth-order valence-corrected chi connectivity index (χ4v) is 2.70. The zero-order chi connectivity index (χ0) is 15.4. The van der Waals surface area contributed by atoms with Crippen LogP contribution in [0.3, 0.4) is 0 Å². The lowest BCUT2D eigenvalue weighted by Gasteiger charge is -2.20. The molecule has 1 N–H and O–H groups in total. The largest absolute Gasteiger partial charge is 0.310 e. The zero-order valence-electron chi connectivity index (χ0n) is 12.7. The van der Waals surface area contributed by atoms with E-state index in [4.69, 9.17) is 0 Å². The molecule has 3 heteroatoms. The van der Waals surface area contributed by atoms with Gasteiger partial charge in [-0.2, -0.15) is 0 Å². The number of aryl methyl sites for hydroxylation is 2. The third-order valence-electron chi connectivity index (χ3n) is 3.57. The normalized spacial score (nSPS) is 12.4. The highest BCUT2D eigenvalue weighted by atomic mass is 19.1. The molecule has 2 aromatic carbocycles. The van der Waals surface area contributed by atoms with Gasteiger partial charge in [0.1, 0.15) is 11.6 Å². The fourth-order valence-electron chi connectivity index (χ4n) is 2.70. The van der Waals surface area contributed by atoms with Crippen LogP contribution in [0.2, 0.25) is 0 Å². The first-order chi connectivity index (χ1) is 10.0. The van der Waals surface area contributed by atoms with E-state index < -0.39 is 11.6 Å². The average molecular weight is 289 g/mol. The highest BCUT2D eigenvalue weighted by molar-refractivity contribution is 5.32. The summed E-state index contributed by atoms with van der Waals surface area (Å²) in [6, 6.07) is 10.1. The standard InChI is InChI=1S/C18H21F2N/c1-4-21-18(14-9-12(2)8-13(3)10-14)11-15-16(19)6-5-7-17(15)20/h5-10,18,21H,4,11H2,1-3H3. The second kappa shape index (κ2) is 6.81. The third-order valence-corrected chi connectivity index (χ3v) is 3.57. The Bertz CT molecular complexity index is 582. The highest BCUT2D eigenvalue weighted by Crippen LogP contribution is 2.24. The van der Waals surface area contributed by atoms with Crippen molar-refractivity contribution < 1.29 is 8.78 Å². The van der Waals surface area contributed by atoms with Crippen molar-refractivity contribution in [3.8, 4) is 0 Å². The quantitative estimate of drug-likeness (QED) is 0.856. The predicted octanol–water partition coefficient (Wildman–Crippen LogP) is 4.47. The summed E-state index contributed by atoms with van der Waals surface area (Å²) in [5.74, 6) is -0.968. The van der Waals surface area contributed by atoms with Crippen LogP contribution in [0.15, 0.2) is 36.4 Å². The molecular formula is C18H21F2N. The van der Waals surface area contributed by atoms with Gasteiger partial charge in [0.2, 0.25) is 0 Å². The molecule has 0 fully saturated rings. The van der Waals surface area contributed by atoms with Gasteiger partial charge < -0.3 is 5.32 Å². The van der Waals surface area contributed by atoms with E-state index in [1.54, 1.807) is 0 Å². The van der Waals surface area contributed by atoms with Crippen LogP contribution >= 0.6 is 0 Å². The maximum absolute atomic E-state index is 13.9. The fraction of sp³-hybridized carbons (Fsp3) is 0.333. The first-order valence-corrected chi connectivity index (χ1v) is 7.25. The molecule has 0 saturated heterocycles. The first kappa shape index (κ1) is 15.6. The van der Waals surface area contributed by atoms with Crippen molar-refractivity contribution in [2.24, 2.45) is 0 Å². The van der Waals surface area contributed by atoms with Crippen LogP contribution in [0.4, 0.5) is 8.78 Å². The summed E-state index contributed by atoms with van der Waals surface area (Å²) in [5, 5.41) is 3.32. The van der Waals surface area contributed by atoms with Crippen molar-refractivity contribution >= 4 is 0 Å². The number of nitrogens with one attached hydrogen (secondary N) is 1. The van der Waals surface area contributed by atoms with Gasteiger partial charge >= 0.3 is 0 Å². The Morgan fingerprint density at radius 2 is 1.57 bits per heavy atom. The smallest absolute Gasteiger partial charge is 0.129 e. The molecular weight excluding hydrogens is 268 g/mol. The van der Waals surface area contributed by atoms with Crippen molar-refractivity contribution in [2.75, 3.05) is 6.54 Å². The maximum atomic E-state index is 13.9.